The van der Waals surface area contributed by atoms with E-state index in [1.807, 2.05) is 70.2 Å². The number of amides is 2. The van der Waals surface area contributed by atoms with E-state index in [0.717, 1.165) is 15.6 Å². The van der Waals surface area contributed by atoms with Gasteiger partial charge in [0.05, 0.1) is 4.47 Å². The van der Waals surface area contributed by atoms with Gasteiger partial charge in [0, 0.05) is 13.1 Å². The molecule has 0 aliphatic heterocycles. The van der Waals surface area contributed by atoms with E-state index >= 15 is 0 Å². The second-order valence-electron chi connectivity index (χ2n) is 9.21. The van der Waals surface area contributed by atoms with Gasteiger partial charge in [-0.3, -0.25) is 9.59 Å². The maximum absolute atomic E-state index is 13.3. The Morgan fingerprint density at radius 3 is 2.39 bits per heavy atom. The summed E-state index contributed by atoms with van der Waals surface area (Å²) in [6, 6.07) is 13.4. The molecule has 2 rings (SSSR count). The Morgan fingerprint density at radius 2 is 1.82 bits per heavy atom. The standard InChI is InChI=1S/C27H37BrN2O3/c1-7-24(27(32)29-15-18(2)3)30(16-21-10-8-9-20(6)13-21)26(31)17-33-25-12-11-22(19(4)5)14-23(25)28/h8-14,18-19,24H,7,15-17H2,1-6H3,(H,29,32)/t24-/m1/s1. The zero-order chi connectivity index (χ0) is 24.5. The number of hydrogen-bond donors (Lipinski definition) is 1. The first kappa shape index (κ1) is 26.9. The van der Waals surface area contributed by atoms with Crippen molar-refractivity contribution in [3.8, 4) is 5.75 Å². The molecule has 0 heterocycles. The molecule has 0 aromatic heterocycles. The highest BCUT2D eigenvalue weighted by atomic mass is 79.9. The third-order valence-corrected chi connectivity index (χ3v) is 6.10. The lowest BCUT2D eigenvalue weighted by molar-refractivity contribution is -0.143. The summed E-state index contributed by atoms with van der Waals surface area (Å²) in [5.74, 6) is 0.997. The number of ether oxygens (including phenoxy) is 1. The summed E-state index contributed by atoms with van der Waals surface area (Å²) in [6.45, 7) is 13.1. The van der Waals surface area contributed by atoms with E-state index in [-0.39, 0.29) is 18.4 Å². The van der Waals surface area contributed by atoms with Crippen LogP contribution < -0.4 is 10.1 Å². The molecule has 33 heavy (non-hydrogen) atoms. The molecule has 6 heteroatoms. The average molecular weight is 518 g/mol. The van der Waals surface area contributed by atoms with E-state index in [1.165, 1.54) is 5.56 Å². The van der Waals surface area contributed by atoms with Crippen molar-refractivity contribution in [2.45, 2.75) is 66.5 Å². The summed E-state index contributed by atoms with van der Waals surface area (Å²) in [4.78, 5) is 27.9. The molecule has 0 saturated carbocycles. The van der Waals surface area contributed by atoms with Crippen LogP contribution in [0.1, 0.15) is 63.6 Å². The van der Waals surface area contributed by atoms with Gasteiger partial charge in [0.15, 0.2) is 6.61 Å². The molecular weight excluding hydrogens is 480 g/mol. The highest BCUT2D eigenvalue weighted by Crippen LogP contribution is 2.29. The van der Waals surface area contributed by atoms with E-state index in [2.05, 4.69) is 35.1 Å². The predicted molar refractivity (Wildman–Crippen MR) is 137 cm³/mol. The lowest BCUT2D eigenvalue weighted by Gasteiger charge is -2.31. The molecule has 0 spiro atoms. The number of aryl methyl sites for hydroxylation is 1. The summed E-state index contributed by atoms with van der Waals surface area (Å²) in [5.41, 5.74) is 3.29. The molecular formula is C27H37BrN2O3. The van der Waals surface area contributed by atoms with Crippen molar-refractivity contribution >= 4 is 27.7 Å². The van der Waals surface area contributed by atoms with Crippen molar-refractivity contribution in [3.63, 3.8) is 0 Å². The number of halogens is 1. The first-order chi connectivity index (χ1) is 15.6. The Labute approximate surface area is 207 Å². The van der Waals surface area contributed by atoms with E-state index in [1.54, 1.807) is 4.90 Å². The summed E-state index contributed by atoms with van der Waals surface area (Å²) < 4.78 is 6.69. The zero-order valence-electron chi connectivity index (χ0n) is 20.7. The van der Waals surface area contributed by atoms with Gasteiger partial charge in [-0.25, -0.2) is 0 Å². The summed E-state index contributed by atoms with van der Waals surface area (Å²) in [5, 5.41) is 2.98. The maximum Gasteiger partial charge on any atom is 0.261 e. The largest absolute Gasteiger partial charge is 0.483 e. The number of nitrogens with zero attached hydrogens (tertiary/aromatic N) is 1. The molecule has 0 aliphatic rings. The molecule has 0 radical (unpaired) electrons. The SMILES string of the molecule is CC[C@H](C(=O)NCC(C)C)N(Cc1cccc(C)c1)C(=O)COc1ccc(C(C)C)cc1Br. The van der Waals surface area contributed by atoms with Gasteiger partial charge in [-0.2, -0.15) is 0 Å². The lowest BCUT2D eigenvalue weighted by Crippen LogP contribution is -2.50. The smallest absolute Gasteiger partial charge is 0.261 e. The number of benzene rings is 2. The lowest BCUT2D eigenvalue weighted by atomic mass is 10.0. The Kier molecular flexibility index (Phi) is 10.4. The fourth-order valence-corrected chi connectivity index (χ4v) is 4.08. The van der Waals surface area contributed by atoms with Crippen LogP contribution in [0.3, 0.4) is 0 Å². The average Bonchev–Trinajstić information content (AvgIpc) is 2.76. The van der Waals surface area contributed by atoms with Crippen LogP contribution in [-0.4, -0.2) is 35.9 Å². The normalized spacial score (nSPS) is 12.0. The van der Waals surface area contributed by atoms with Crippen LogP contribution >= 0.6 is 15.9 Å². The zero-order valence-corrected chi connectivity index (χ0v) is 22.2. The Morgan fingerprint density at radius 1 is 1.09 bits per heavy atom. The van der Waals surface area contributed by atoms with Gasteiger partial charge >= 0.3 is 0 Å². The van der Waals surface area contributed by atoms with E-state index in [0.29, 0.717) is 37.1 Å². The number of hydrogen-bond acceptors (Lipinski definition) is 3. The monoisotopic (exact) mass is 516 g/mol. The molecule has 180 valence electrons. The topological polar surface area (TPSA) is 58.6 Å². The first-order valence-corrected chi connectivity index (χ1v) is 12.5. The van der Waals surface area contributed by atoms with Crippen LogP contribution in [0.5, 0.6) is 5.75 Å². The van der Waals surface area contributed by atoms with Crippen molar-refractivity contribution in [3.05, 3.63) is 63.6 Å². The fourth-order valence-electron chi connectivity index (χ4n) is 3.56. The summed E-state index contributed by atoms with van der Waals surface area (Å²) >= 11 is 3.55. The molecule has 2 aromatic carbocycles. The quantitative estimate of drug-likeness (QED) is 0.408. The Balaban J connectivity index is 2.22. The fraction of sp³-hybridized carbons (Fsp3) is 0.481. The minimum Gasteiger partial charge on any atom is -0.483 e. The van der Waals surface area contributed by atoms with Crippen LogP contribution in [0.4, 0.5) is 0 Å². The summed E-state index contributed by atoms with van der Waals surface area (Å²) in [6.07, 6.45) is 0.522. The molecule has 5 nitrogen and oxygen atoms in total. The van der Waals surface area contributed by atoms with Gasteiger partial charge in [-0.05, 0) is 64.4 Å². The van der Waals surface area contributed by atoms with Crippen molar-refractivity contribution in [2.75, 3.05) is 13.2 Å². The van der Waals surface area contributed by atoms with Crippen molar-refractivity contribution in [1.29, 1.82) is 0 Å². The van der Waals surface area contributed by atoms with Gasteiger partial charge in [-0.15, -0.1) is 0 Å². The molecule has 0 aliphatic carbocycles. The number of nitrogens with one attached hydrogen (secondary N) is 1. The highest BCUT2D eigenvalue weighted by molar-refractivity contribution is 9.10. The van der Waals surface area contributed by atoms with Crippen LogP contribution in [-0.2, 0) is 16.1 Å². The van der Waals surface area contributed by atoms with Crippen molar-refractivity contribution in [2.24, 2.45) is 5.92 Å². The van der Waals surface area contributed by atoms with Crippen LogP contribution in [0.15, 0.2) is 46.9 Å². The van der Waals surface area contributed by atoms with Crippen LogP contribution in [0.25, 0.3) is 0 Å². The minimum absolute atomic E-state index is 0.130. The highest BCUT2D eigenvalue weighted by Gasteiger charge is 2.29. The minimum atomic E-state index is -0.563. The van der Waals surface area contributed by atoms with Gasteiger partial charge in [0.25, 0.3) is 5.91 Å². The Hall–Kier alpha value is -2.34. The third kappa shape index (κ3) is 8.18. The molecule has 0 unspecified atom stereocenters. The van der Waals surface area contributed by atoms with Gasteiger partial charge < -0.3 is 15.0 Å². The van der Waals surface area contributed by atoms with Crippen LogP contribution in [0, 0.1) is 12.8 Å². The molecule has 0 saturated heterocycles. The molecule has 1 atom stereocenters. The van der Waals surface area contributed by atoms with Gasteiger partial charge in [-0.1, -0.05) is 70.5 Å². The Bertz CT molecular complexity index is 943. The van der Waals surface area contributed by atoms with E-state index < -0.39 is 6.04 Å². The number of rotatable bonds is 11. The molecule has 2 amide bonds. The van der Waals surface area contributed by atoms with Crippen molar-refractivity contribution in [1.82, 2.24) is 10.2 Å². The van der Waals surface area contributed by atoms with Gasteiger partial charge in [0.1, 0.15) is 11.8 Å². The molecule has 1 N–H and O–H groups in total. The predicted octanol–water partition coefficient (Wildman–Crippen LogP) is 5.84. The maximum atomic E-state index is 13.3. The molecule has 0 fully saturated rings. The van der Waals surface area contributed by atoms with E-state index in [9.17, 15) is 9.59 Å². The number of carbonyl (C=O) groups excluding carboxylic acids is 2. The van der Waals surface area contributed by atoms with Crippen LogP contribution in [0.2, 0.25) is 0 Å². The van der Waals surface area contributed by atoms with Crippen molar-refractivity contribution < 1.29 is 14.3 Å². The van der Waals surface area contributed by atoms with E-state index in [4.69, 9.17) is 4.74 Å². The molecule has 0 bridgehead atoms. The third-order valence-electron chi connectivity index (χ3n) is 5.48. The first-order valence-electron chi connectivity index (χ1n) is 11.7. The second-order valence-corrected chi connectivity index (χ2v) is 10.1. The summed E-state index contributed by atoms with van der Waals surface area (Å²) in [7, 11) is 0. The second kappa shape index (κ2) is 12.8. The van der Waals surface area contributed by atoms with Gasteiger partial charge in [0.2, 0.25) is 5.91 Å². The number of carbonyl (C=O) groups is 2. The molecule has 2 aromatic rings.